The van der Waals surface area contributed by atoms with Crippen molar-refractivity contribution in [1.29, 1.82) is 0 Å². The van der Waals surface area contributed by atoms with E-state index in [1.807, 2.05) is 35.2 Å². The molecule has 0 radical (unpaired) electrons. The highest BCUT2D eigenvalue weighted by Gasteiger charge is 2.32. The number of amides is 2. The molecule has 24 heavy (non-hydrogen) atoms. The van der Waals surface area contributed by atoms with Gasteiger partial charge < -0.3 is 10.2 Å². The van der Waals surface area contributed by atoms with Crippen molar-refractivity contribution in [2.24, 2.45) is 11.8 Å². The van der Waals surface area contributed by atoms with E-state index >= 15 is 0 Å². The van der Waals surface area contributed by atoms with Gasteiger partial charge in [0.05, 0.1) is 6.42 Å². The Morgan fingerprint density at radius 2 is 1.79 bits per heavy atom. The minimum Gasteiger partial charge on any atom is -0.355 e. The summed E-state index contributed by atoms with van der Waals surface area (Å²) in [4.78, 5) is 26.3. The Bertz CT molecular complexity index is 558. The van der Waals surface area contributed by atoms with Gasteiger partial charge in [0.2, 0.25) is 11.8 Å². The van der Waals surface area contributed by atoms with E-state index in [-0.39, 0.29) is 11.8 Å². The average Bonchev–Trinajstić information content (AvgIpc) is 2.62. The number of hydrogen-bond acceptors (Lipinski definition) is 2. The summed E-state index contributed by atoms with van der Waals surface area (Å²) in [6.07, 6.45) is 7.27. The lowest BCUT2D eigenvalue weighted by Crippen LogP contribution is -2.45. The topological polar surface area (TPSA) is 49.4 Å². The minimum atomic E-state index is -0.0139. The van der Waals surface area contributed by atoms with E-state index in [0.717, 1.165) is 31.0 Å². The van der Waals surface area contributed by atoms with Gasteiger partial charge in [0.25, 0.3) is 0 Å². The molecular formula is C20H28N2O2. The van der Waals surface area contributed by atoms with Gasteiger partial charge >= 0.3 is 0 Å². The number of piperidine rings is 1. The van der Waals surface area contributed by atoms with Crippen molar-refractivity contribution in [3.05, 3.63) is 35.9 Å². The second-order valence-corrected chi connectivity index (χ2v) is 7.20. The summed E-state index contributed by atoms with van der Waals surface area (Å²) < 4.78 is 0. The third-order valence-corrected chi connectivity index (χ3v) is 5.51. The van der Waals surface area contributed by atoms with E-state index in [9.17, 15) is 9.59 Å². The molecule has 2 atom stereocenters. The Hall–Kier alpha value is -1.84. The number of rotatable bonds is 5. The van der Waals surface area contributed by atoms with Gasteiger partial charge in [-0.05, 0) is 30.2 Å². The molecule has 2 unspecified atom stereocenters. The van der Waals surface area contributed by atoms with Gasteiger partial charge in [-0.2, -0.15) is 0 Å². The number of carbonyl (C=O) groups excluding carboxylic acids is 2. The first-order valence-corrected chi connectivity index (χ1v) is 9.31. The van der Waals surface area contributed by atoms with Crippen molar-refractivity contribution >= 4 is 11.8 Å². The molecule has 1 N–H and O–H groups in total. The molecule has 2 amide bonds. The Kier molecular flexibility index (Phi) is 5.89. The van der Waals surface area contributed by atoms with Crippen molar-refractivity contribution in [1.82, 2.24) is 10.2 Å². The molecule has 2 aliphatic rings. The van der Waals surface area contributed by atoms with Crippen LogP contribution in [-0.4, -0.2) is 36.3 Å². The van der Waals surface area contributed by atoms with Crippen LogP contribution in [0.5, 0.6) is 0 Å². The molecular weight excluding hydrogens is 300 g/mol. The fourth-order valence-electron chi connectivity index (χ4n) is 4.14. The van der Waals surface area contributed by atoms with Crippen LogP contribution in [0.4, 0.5) is 0 Å². The average molecular weight is 328 g/mol. The Morgan fingerprint density at radius 1 is 1.04 bits per heavy atom. The molecule has 2 fully saturated rings. The first-order valence-electron chi connectivity index (χ1n) is 9.31. The smallest absolute Gasteiger partial charge is 0.224 e. The van der Waals surface area contributed by atoms with Gasteiger partial charge in [0, 0.05) is 26.1 Å². The number of carbonyl (C=O) groups is 2. The van der Waals surface area contributed by atoms with Crippen LogP contribution in [0.3, 0.4) is 0 Å². The van der Waals surface area contributed by atoms with Crippen LogP contribution < -0.4 is 5.32 Å². The van der Waals surface area contributed by atoms with E-state index < -0.39 is 0 Å². The zero-order chi connectivity index (χ0) is 16.8. The molecule has 1 aliphatic carbocycles. The lowest BCUT2D eigenvalue weighted by Gasteiger charge is -2.41. The van der Waals surface area contributed by atoms with Crippen molar-refractivity contribution in [2.75, 3.05) is 19.6 Å². The molecule has 0 aromatic heterocycles. The van der Waals surface area contributed by atoms with Crippen LogP contribution in [0, 0.1) is 11.8 Å². The molecule has 0 spiro atoms. The molecule has 1 aliphatic heterocycles. The van der Waals surface area contributed by atoms with E-state index in [2.05, 4.69) is 5.32 Å². The number of likely N-dealkylation sites (tertiary alicyclic amines) is 1. The molecule has 130 valence electrons. The predicted molar refractivity (Wildman–Crippen MR) is 94.4 cm³/mol. The summed E-state index contributed by atoms with van der Waals surface area (Å²) in [6, 6.07) is 9.69. The number of hydrogen-bond donors (Lipinski definition) is 1. The molecule has 0 bridgehead atoms. The molecule has 1 aromatic rings. The lowest BCUT2D eigenvalue weighted by molar-refractivity contribution is -0.134. The molecule has 1 aromatic carbocycles. The van der Waals surface area contributed by atoms with Crippen LogP contribution in [0.25, 0.3) is 0 Å². The van der Waals surface area contributed by atoms with Gasteiger partial charge in [0.1, 0.15) is 0 Å². The molecule has 3 rings (SSSR count). The number of nitrogens with one attached hydrogen (secondary N) is 1. The largest absolute Gasteiger partial charge is 0.355 e. The molecule has 1 heterocycles. The van der Waals surface area contributed by atoms with Crippen LogP contribution in [-0.2, 0) is 16.0 Å². The Balaban J connectivity index is 1.37. The molecule has 4 heteroatoms. The highest BCUT2D eigenvalue weighted by Crippen LogP contribution is 2.36. The second-order valence-electron chi connectivity index (χ2n) is 7.20. The zero-order valence-electron chi connectivity index (χ0n) is 14.4. The molecule has 1 saturated heterocycles. The normalized spacial score (nSPS) is 23.4. The Morgan fingerprint density at radius 3 is 2.58 bits per heavy atom. The second kappa shape index (κ2) is 8.32. The number of benzene rings is 1. The minimum absolute atomic E-state index is 0.0139. The predicted octanol–water partition coefficient (Wildman–Crippen LogP) is 2.77. The van der Waals surface area contributed by atoms with Crippen molar-refractivity contribution in [3.8, 4) is 0 Å². The van der Waals surface area contributed by atoms with Crippen LogP contribution in [0.2, 0.25) is 0 Å². The third-order valence-electron chi connectivity index (χ3n) is 5.51. The van der Waals surface area contributed by atoms with Crippen molar-refractivity contribution in [2.45, 2.75) is 44.9 Å². The van der Waals surface area contributed by atoms with Gasteiger partial charge in [0.15, 0.2) is 0 Å². The monoisotopic (exact) mass is 328 g/mol. The van der Waals surface area contributed by atoms with Crippen molar-refractivity contribution < 1.29 is 9.59 Å². The first-order chi connectivity index (χ1) is 11.7. The van der Waals surface area contributed by atoms with Crippen molar-refractivity contribution in [3.63, 3.8) is 0 Å². The maximum atomic E-state index is 12.4. The third kappa shape index (κ3) is 4.59. The van der Waals surface area contributed by atoms with E-state index in [4.69, 9.17) is 0 Å². The summed E-state index contributed by atoms with van der Waals surface area (Å²) in [5.41, 5.74) is 1.00. The summed E-state index contributed by atoms with van der Waals surface area (Å²) in [5.74, 6) is 1.73. The summed E-state index contributed by atoms with van der Waals surface area (Å²) >= 11 is 0. The SMILES string of the molecule is O=C(Cc1ccccc1)NCCC(=O)N1CCC2CCCCC2C1. The van der Waals surface area contributed by atoms with E-state index in [1.54, 1.807) is 0 Å². The standard InChI is InChI=1S/C20H28N2O2/c23-19(14-16-6-2-1-3-7-16)21-12-10-20(24)22-13-11-17-8-4-5-9-18(17)15-22/h1-3,6-7,17-18H,4-5,8-15H2,(H,21,23). The lowest BCUT2D eigenvalue weighted by atomic mass is 9.75. The summed E-state index contributed by atoms with van der Waals surface area (Å²) in [5, 5.41) is 2.87. The van der Waals surface area contributed by atoms with Crippen LogP contribution in [0.1, 0.15) is 44.1 Å². The van der Waals surface area contributed by atoms with E-state index in [0.29, 0.717) is 25.3 Å². The van der Waals surface area contributed by atoms with Crippen LogP contribution >= 0.6 is 0 Å². The van der Waals surface area contributed by atoms with Crippen LogP contribution in [0.15, 0.2) is 30.3 Å². The quantitative estimate of drug-likeness (QED) is 0.903. The fourth-order valence-corrected chi connectivity index (χ4v) is 4.14. The fraction of sp³-hybridized carbons (Fsp3) is 0.600. The maximum Gasteiger partial charge on any atom is 0.224 e. The molecule has 1 saturated carbocycles. The zero-order valence-corrected chi connectivity index (χ0v) is 14.4. The van der Waals surface area contributed by atoms with Gasteiger partial charge in [-0.25, -0.2) is 0 Å². The highest BCUT2D eigenvalue weighted by atomic mass is 16.2. The van der Waals surface area contributed by atoms with Gasteiger partial charge in [-0.15, -0.1) is 0 Å². The number of nitrogens with zero attached hydrogens (tertiary/aromatic N) is 1. The summed E-state index contributed by atoms with van der Waals surface area (Å²) in [7, 11) is 0. The molecule has 4 nitrogen and oxygen atoms in total. The van der Waals surface area contributed by atoms with Gasteiger partial charge in [-0.3, -0.25) is 9.59 Å². The maximum absolute atomic E-state index is 12.4. The highest BCUT2D eigenvalue weighted by molar-refractivity contribution is 5.80. The van der Waals surface area contributed by atoms with E-state index in [1.165, 1.54) is 25.7 Å². The summed E-state index contributed by atoms with van der Waals surface area (Å²) in [6.45, 7) is 2.27. The van der Waals surface area contributed by atoms with Gasteiger partial charge in [-0.1, -0.05) is 49.6 Å². The Labute approximate surface area is 144 Å². The number of fused-ring (bicyclic) bond motifs is 1. The first kappa shape index (κ1) is 17.0.